The molecule has 1 aliphatic carbocycles. The lowest BCUT2D eigenvalue weighted by molar-refractivity contribution is 0.0410. The van der Waals surface area contributed by atoms with Gasteiger partial charge in [0.15, 0.2) is 0 Å². The zero-order valence-corrected chi connectivity index (χ0v) is 20.5. The molecule has 3 aromatic rings. The van der Waals surface area contributed by atoms with Crippen molar-refractivity contribution in [2.75, 3.05) is 38.6 Å². The molecule has 2 aromatic heterocycles. The van der Waals surface area contributed by atoms with E-state index in [9.17, 15) is 4.79 Å². The number of thiophene rings is 1. The first-order chi connectivity index (χ1) is 16.2. The van der Waals surface area contributed by atoms with Crippen LogP contribution in [0, 0.1) is 0 Å². The van der Waals surface area contributed by atoms with Crippen molar-refractivity contribution >= 4 is 50.5 Å². The Kier molecular flexibility index (Phi) is 7.13. The average Bonchev–Trinajstić information content (AvgIpc) is 3.16. The maximum absolute atomic E-state index is 13.2. The number of ether oxygens (including phenoxy) is 1. The third kappa shape index (κ3) is 5.34. The summed E-state index contributed by atoms with van der Waals surface area (Å²) in [4.78, 5) is 22.5. The van der Waals surface area contributed by atoms with Crippen LogP contribution in [0.25, 0.3) is 21.5 Å². The molecule has 1 aromatic carbocycles. The van der Waals surface area contributed by atoms with Crippen LogP contribution in [0.4, 0.5) is 0 Å². The van der Waals surface area contributed by atoms with Gasteiger partial charge in [0, 0.05) is 40.2 Å². The summed E-state index contributed by atoms with van der Waals surface area (Å²) in [7, 11) is 0. The summed E-state index contributed by atoms with van der Waals surface area (Å²) in [6.45, 7) is 4.75. The summed E-state index contributed by atoms with van der Waals surface area (Å²) in [5.74, 6) is 1.04. The Morgan fingerprint density at radius 3 is 2.79 bits per heavy atom. The van der Waals surface area contributed by atoms with Crippen molar-refractivity contribution in [3.05, 3.63) is 81.2 Å². The van der Waals surface area contributed by atoms with Gasteiger partial charge in [0.25, 0.3) is 5.56 Å². The monoisotopic (exact) mass is 497 g/mol. The summed E-state index contributed by atoms with van der Waals surface area (Å²) in [6.07, 6.45) is 10.2. The van der Waals surface area contributed by atoms with Gasteiger partial charge < -0.3 is 4.74 Å². The highest BCUT2D eigenvalue weighted by Gasteiger charge is 2.13. The van der Waals surface area contributed by atoms with Crippen LogP contribution < -0.4 is 5.56 Å². The first kappa shape index (κ1) is 22.6. The number of halogens is 1. The van der Waals surface area contributed by atoms with Gasteiger partial charge in [-0.05, 0) is 54.5 Å². The lowest BCUT2D eigenvalue weighted by atomic mass is 10.1. The quantitative estimate of drug-likeness (QED) is 0.430. The molecule has 2 aliphatic rings. The summed E-state index contributed by atoms with van der Waals surface area (Å²) in [6, 6.07) is 10.1. The first-order valence-corrected chi connectivity index (χ1v) is 13.1. The molecule has 0 atom stereocenters. The Labute approximate surface area is 206 Å². The Morgan fingerprint density at radius 2 is 1.97 bits per heavy atom. The van der Waals surface area contributed by atoms with Gasteiger partial charge in [-0.25, -0.2) is 4.98 Å². The molecule has 33 heavy (non-hydrogen) atoms. The van der Waals surface area contributed by atoms with Crippen molar-refractivity contribution in [3.8, 4) is 5.69 Å². The van der Waals surface area contributed by atoms with E-state index in [4.69, 9.17) is 16.3 Å². The molecule has 5 nitrogen and oxygen atoms in total. The van der Waals surface area contributed by atoms with Crippen molar-refractivity contribution in [3.63, 3.8) is 0 Å². The second kappa shape index (κ2) is 10.4. The molecule has 1 saturated heterocycles. The molecule has 0 unspecified atom stereocenters. The van der Waals surface area contributed by atoms with Crippen LogP contribution in [0.3, 0.4) is 0 Å². The number of nitrogens with zero attached hydrogens (tertiary/aromatic N) is 3. The normalized spacial score (nSPS) is 17.1. The maximum Gasteiger partial charge on any atom is 0.275 e. The fraction of sp³-hybridized carbons (Fsp3) is 0.280. The molecule has 8 heteroatoms. The van der Waals surface area contributed by atoms with E-state index >= 15 is 0 Å². The predicted octanol–water partition coefficient (Wildman–Crippen LogP) is 5.34. The van der Waals surface area contributed by atoms with Crippen LogP contribution in [-0.4, -0.2) is 53.1 Å². The number of rotatable bonds is 6. The van der Waals surface area contributed by atoms with E-state index in [0.29, 0.717) is 9.73 Å². The molecule has 1 fully saturated rings. The summed E-state index contributed by atoms with van der Waals surface area (Å²) < 4.78 is 7.70. The van der Waals surface area contributed by atoms with E-state index < -0.39 is 0 Å². The third-order valence-electron chi connectivity index (χ3n) is 5.71. The zero-order chi connectivity index (χ0) is 22.6. The highest BCUT2D eigenvalue weighted by molar-refractivity contribution is 7.99. The van der Waals surface area contributed by atoms with Gasteiger partial charge in [-0.3, -0.25) is 14.3 Å². The van der Waals surface area contributed by atoms with Crippen LogP contribution >= 0.6 is 34.7 Å². The fourth-order valence-corrected chi connectivity index (χ4v) is 6.00. The number of thioether (sulfide) groups is 1. The van der Waals surface area contributed by atoms with Gasteiger partial charge in [0.2, 0.25) is 0 Å². The number of benzene rings is 1. The SMILES string of the molecule is O=c1c2sc(C3=CC=C(Cl)C=CC3)cc2ncn1-c1ccc(SCCN2CCOCC2)cc1. The number of allylic oxidation sites excluding steroid dienone is 6. The maximum atomic E-state index is 13.2. The number of hydrogen-bond acceptors (Lipinski definition) is 6. The van der Waals surface area contributed by atoms with Gasteiger partial charge in [-0.15, -0.1) is 23.1 Å². The molecule has 0 radical (unpaired) electrons. The van der Waals surface area contributed by atoms with Crippen LogP contribution in [0.15, 0.2) is 75.7 Å². The van der Waals surface area contributed by atoms with E-state index in [1.54, 1.807) is 10.9 Å². The summed E-state index contributed by atoms with van der Waals surface area (Å²) in [5.41, 5.74) is 2.65. The molecule has 0 N–H and O–H groups in total. The van der Waals surface area contributed by atoms with Crippen molar-refractivity contribution in [1.29, 1.82) is 0 Å². The highest BCUT2D eigenvalue weighted by Crippen LogP contribution is 2.31. The Balaban J connectivity index is 1.31. The Bertz CT molecular complexity index is 1290. The molecule has 0 amide bonds. The zero-order valence-electron chi connectivity index (χ0n) is 18.1. The molecule has 0 spiro atoms. The summed E-state index contributed by atoms with van der Waals surface area (Å²) >= 11 is 9.43. The molecular weight excluding hydrogens is 474 g/mol. The van der Waals surface area contributed by atoms with Crippen molar-refractivity contribution in [2.24, 2.45) is 0 Å². The fourth-order valence-electron chi connectivity index (χ4n) is 3.86. The van der Waals surface area contributed by atoms with E-state index in [-0.39, 0.29) is 5.56 Å². The second-order valence-electron chi connectivity index (χ2n) is 7.89. The van der Waals surface area contributed by atoms with Gasteiger partial charge in [0.05, 0.1) is 24.4 Å². The standard InChI is InChI=1S/C25H24ClN3O2S2/c26-19-3-1-2-18(4-5-19)23-16-22-24(33-23)25(30)29(17-27-22)20-6-8-21(9-7-20)32-15-12-28-10-13-31-14-11-28/h1,3-9,16-17H,2,10-15H2. The van der Waals surface area contributed by atoms with Crippen molar-refractivity contribution in [2.45, 2.75) is 11.3 Å². The Hall–Kier alpha value is -2.16. The largest absolute Gasteiger partial charge is 0.379 e. The van der Waals surface area contributed by atoms with Crippen molar-refractivity contribution < 1.29 is 4.74 Å². The minimum absolute atomic E-state index is 0.0395. The van der Waals surface area contributed by atoms with Crippen molar-refractivity contribution in [1.82, 2.24) is 14.5 Å². The second-order valence-corrected chi connectivity index (χ2v) is 10.5. The van der Waals surface area contributed by atoms with E-state index in [1.807, 2.05) is 54.3 Å². The summed E-state index contributed by atoms with van der Waals surface area (Å²) in [5, 5.41) is 0.703. The predicted molar refractivity (Wildman–Crippen MR) is 139 cm³/mol. The van der Waals surface area contributed by atoms with E-state index in [1.165, 1.54) is 16.2 Å². The van der Waals surface area contributed by atoms with Gasteiger partial charge in [-0.1, -0.05) is 23.8 Å². The minimum Gasteiger partial charge on any atom is -0.379 e. The number of morpholine rings is 1. The van der Waals surface area contributed by atoms with E-state index in [0.717, 1.165) is 66.7 Å². The number of hydrogen-bond donors (Lipinski definition) is 0. The highest BCUT2D eigenvalue weighted by atomic mass is 35.5. The lowest BCUT2D eigenvalue weighted by Gasteiger charge is -2.26. The molecule has 3 heterocycles. The number of aromatic nitrogens is 2. The van der Waals surface area contributed by atoms with E-state index in [2.05, 4.69) is 22.0 Å². The molecule has 0 saturated carbocycles. The van der Waals surface area contributed by atoms with Gasteiger partial charge >= 0.3 is 0 Å². The van der Waals surface area contributed by atoms with Crippen LogP contribution in [0.5, 0.6) is 0 Å². The third-order valence-corrected chi connectivity index (χ3v) is 8.14. The van der Waals surface area contributed by atoms with Crippen LogP contribution in [0.2, 0.25) is 0 Å². The molecule has 0 bridgehead atoms. The molecule has 1 aliphatic heterocycles. The van der Waals surface area contributed by atoms with Crippen LogP contribution in [-0.2, 0) is 4.74 Å². The topological polar surface area (TPSA) is 47.4 Å². The molecular formula is C25H24ClN3O2S2. The number of fused-ring (bicyclic) bond motifs is 1. The minimum atomic E-state index is -0.0395. The average molecular weight is 498 g/mol. The van der Waals surface area contributed by atoms with Gasteiger partial charge in [0.1, 0.15) is 11.0 Å². The Morgan fingerprint density at radius 1 is 1.15 bits per heavy atom. The van der Waals surface area contributed by atoms with Gasteiger partial charge in [-0.2, -0.15) is 0 Å². The molecule has 170 valence electrons. The lowest BCUT2D eigenvalue weighted by Crippen LogP contribution is -2.37. The van der Waals surface area contributed by atoms with Crippen LogP contribution in [0.1, 0.15) is 11.3 Å². The smallest absolute Gasteiger partial charge is 0.275 e. The first-order valence-electron chi connectivity index (χ1n) is 11.0. The molecule has 5 rings (SSSR count).